The molecular formula is C13H18N2O2S2. The Balaban J connectivity index is 2.06. The average Bonchev–Trinajstić information content (AvgIpc) is 2.77. The Morgan fingerprint density at radius 2 is 2.32 bits per heavy atom. The molecule has 0 saturated heterocycles. The van der Waals surface area contributed by atoms with Gasteiger partial charge in [-0.05, 0) is 31.5 Å². The minimum Gasteiger partial charge on any atom is -0.497 e. The molecular weight excluding hydrogens is 280 g/mol. The number of thiazole rings is 1. The predicted molar refractivity (Wildman–Crippen MR) is 82.8 cm³/mol. The van der Waals surface area contributed by atoms with Gasteiger partial charge in [0.05, 0.1) is 17.3 Å². The number of aromatic nitrogens is 1. The molecule has 0 spiro atoms. The maximum absolute atomic E-state index is 11.1. The van der Waals surface area contributed by atoms with Gasteiger partial charge in [0.1, 0.15) is 5.75 Å². The van der Waals surface area contributed by atoms with Crippen LogP contribution in [0.15, 0.2) is 18.2 Å². The lowest BCUT2D eigenvalue weighted by atomic mass is 10.3. The number of fused-ring (bicyclic) bond motifs is 1. The minimum absolute atomic E-state index is 0.270. The van der Waals surface area contributed by atoms with Gasteiger partial charge < -0.3 is 10.1 Å². The van der Waals surface area contributed by atoms with Crippen molar-refractivity contribution in [1.29, 1.82) is 0 Å². The first-order valence-electron chi connectivity index (χ1n) is 6.09. The van der Waals surface area contributed by atoms with E-state index in [1.807, 2.05) is 18.2 Å². The van der Waals surface area contributed by atoms with Crippen molar-refractivity contribution in [1.82, 2.24) is 4.98 Å². The monoisotopic (exact) mass is 298 g/mol. The molecule has 104 valence electrons. The van der Waals surface area contributed by atoms with Gasteiger partial charge in [0.25, 0.3) is 0 Å². The highest BCUT2D eigenvalue weighted by Gasteiger charge is 2.08. The van der Waals surface area contributed by atoms with Crippen LogP contribution in [0.4, 0.5) is 5.13 Å². The Hall–Kier alpha value is -1.14. The Kier molecular flexibility index (Phi) is 4.76. The van der Waals surface area contributed by atoms with Gasteiger partial charge in [-0.1, -0.05) is 11.3 Å². The number of anilines is 1. The number of ether oxygens (including phenoxy) is 1. The topological polar surface area (TPSA) is 51.2 Å². The molecule has 1 aromatic carbocycles. The lowest BCUT2D eigenvalue weighted by Crippen LogP contribution is -2.17. The molecule has 4 nitrogen and oxygen atoms in total. The van der Waals surface area contributed by atoms with Gasteiger partial charge in [0, 0.05) is 28.9 Å². The summed E-state index contributed by atoms with van der Waals surface area (Å²) in [6.45, 7) is 2.08. The molecule has 6 heteroatoms. The fourth-order valence-electron chi connectivity index (χ4n) is 1.72. The Morgan fingerprint density at radius 1 is 1.53 bits per heavy atom. The zero-order chi connectivity index (χ0) is 13.8. The molecule has 0 aliphatic carbocycles. The van der Waals surface area contributed by atoms with Crippen LogP contribution in [0.25, 0.3) is 10.2 Å². The average molecular weight is 298 g/mol. The van der Waals surface area contributed by atoms with E-state index in [9.17, 15) is 4.21 Å². The summed E-state index contributed by atoms with van der Waals surface area (Å²) in [4.78, 5) is 4.53. The fraction of sp³-hybridized carbons (Fsp3) is 0.462. The van der Waals surface area contributed by atoms with Gasteiger partial charge in [0.2, 0.25) is 0 Å². The number of hydrogen-bond acceptors (Lipinski definition) is 5. The summed E-state index contributed by atoms with van der Waals surface area (Å²) in [5.41, 5.74) is 0.972. The number of rotatable bonds is 6. The highest BCUT2D eigenvalue weighted by Crippen LogP contribution is 2.29. The van der Waals surface area contributed by atoms with Crippen molar-refractivity contribution < 1.29 is 8.95 Å². The molecule has 0 aliphatic heterocycles. The van der Waals surface area contributed by atoms with Crippen molar-refractivity contribution in [2.75, 3.05) is 24.4 Å². The highest BCUT2D eigenvalue weighted by atomic mass is 32.2. The number of nitrogens with zero attached hydrogens (tertiary/aromatic N) is 1. The predicted octanol–water partition coefficient (Wildman–Crippen LogP) is 2.87. The first kappa shape index (κ1) is 14.3. The Labute approximate surface area is 119 Å². The molecule has 0 saturated carbocycles. The molecule has 2 rings (SSSR count). The first-order valence-corrected chi connectivity index (χ1v) is 8.64. The minimum atomic E-state index is -0.737. The second-order valence-electron chi connectivity index (χ2n) is 4.46. The lowest BCUT2D eigenvalue weighted by molar-refractivity contribution is 0.415. The smallest absolute Gasteiger partial charge is 0.184 e. The van der Waals surface area contributed by atoms with Crippen LogP contribution in [0.3, 0.4) is 0 Å². The Morgan fingerprint density at radius 3 is 3.00 bits per heavy atom. The summed E-state index contributed by atoms with van der Waals surface area (Å²) >= 11 is 1.61. The fourth-order valence-corrected chi connectivity index (χ4v) is 3.41. The molecule has 2 atom stereocenters. The highest BCUT2D eigenvalue weighted by molar-refractivity contribution is 7.84. The second kappa shape index (κ2) is 6.34. The van der Waals surface area contributed by atoms with Gasteiger partial charge in [-0.2, -0.15) is 0 Å². The molecule has 0 amide bonds. The molecule has 0 aliphatic rings. The largest absolute Gasteiger partial charge is 0.497 e. The van der Waals surface area contributed by atoms with Crippen LogP contribution in [-0.2, 0) is 10.8 Å². The van der Waals surface area contributed by atoms with Crippen molar-refractivity contribution in [2.24, 2.45) is 0 Å². The number of nitrogens with one attached hydrogen (secondary N) is 1. The summed E-state index contributed by atoms with van der Waals surface area (Å²) in [5.74, 6) is 1.56. The quantitative estimate of drug-likeness (QED) is 0.891. The molecule has 2 unspecified atom stereocenters. The van der Waals surface area contributed by atoms with Crippen LogP contribution in [0.2, 0.25) is 0 Å². The summed E-state index contributed by atoms with van der Waals surface area (Å²) in [5, 5.41) is 4.26. The van der Waals surface area contributed by atoms with Gasteiger partial charge in [-0.15, -0.1) is 0 Å². The SMILES string of the molecule is COc1ccc2nc(NC(C)CCS(C)=O)sc2c1. The van der Waals surface area contributed by atoms with E-state index >= 15 is 0 Å². The van der Waals surface area contributed by atoms with Gasteiger partial charge >= 0.3 is 0 Å². The molecule has 1 aromatic heterocycles. The van der Waals surface area contributed by atoms with Crippen molar-refractivity contribution in [3.63, 3.8) is 0 Å². The van der Waals surface area contributed by atoms with E-state index in [0.29, 0.717) is 5.75 Å². The van der Waals surface area contributed by atoms with Crippen LogP contribution in [0.1, 0.15) is 13.3 Å². The van der Waals surface area contributed by atoms with Crippen LogP contribution in [0.5, 0.6) is 5.75 Å². The van der Waals surface area contributed by atoms with E-state index in [4.69, 9.17) is 4.74 Å². The maximum atomic E-state index is 11.1. The molecule has 19 heavy (non-hydrogen) atoms. The summed E-state index contributed by atoms with van der Waals surface area (Å²) in [6.07, 6.45) is 2.61. The zero-order valence-electron chi connectivity index (χ0n) is 11.3. The second-order valence-corrected chi connectivity index (χ2v) is 7.05. The van der Waals surface area contributed by atoms with Crippen molar-refractivity contribution >= 4 is 37.5 Å². The third kappa shape index (κ3) is 3.91. The summed E-state index contributed by atoms with van der Waals surface area (Å²) < 4.78 is 17.4. The van der Waals surface area contributed by atoms with E-state index in [2.05, 4.69) is 17.2 Å². The van der Waals surface area contributed by atoms with Gasteiger partial charge in [0.15, 0.2) is 5.13 Å². The molecule has 1 heterocycles. The summed E-state index contributed by atoms with van der Waals surface area (Å²) in [7, 11) is 0.924. The lowest BCUT2D eigenvalue weighted by Gasteiger charge is -2.11. The third-order valence-electron chi connectivity index (χ3n) is 2.80. The van der Waals surface area contributed by atoms with E-state index in [0.717, 1.165) is 27.5 Å². The first-order chi connectivity index (χ1) is 9.08. The van der Waals surface area contributed by atoms with E-state index in [1.54, 1.807) is 24.7 Å². The third-order valence-corrected chi connectivity index (χ3v) is 4.56. The molecule has 1 N–H and O–H groups in total. The van der Waals surface area contributed by atoms with Crippen LogP contribution in [0, 0.1) is 0 Å². The Bertz CT molecular complexity index is 583. The van der Waals surface area contributed by atoms with Crippen molar-refractivity contribution in [3.8, 4) is 5.75 Å². The van der Waals surface area contributed by atoms with Crippen molar-refractivity contribution in [2.45, 2.75) is 19.4 Å². The molecule has 0 radical (unpaired) electrons. The van der Waals surface area contributed by atoms with Crippen LogP contribution in [-0.4, -0.2) is 34.4 Å². The van der Waals surface area contributed by atoms with Crippen molar-refractivity contribution in [3.05, 3.63) is 18.2 Å². The van der Waals surface area contributed by atoms with E-state index < -0.39 is 10.8 Å². The van der Waals surface area contributed by atoms with Gasteiger partial charge in [-0.3, -0.25) is 4.21 Å². The molecule has 2 aromatic rings. The summed E-state index contributed by atoms with van der Waals surface area (Å²) in [6, 6.07) is 6.13. The van der Waals surface area contributed by atoms with E-state index in [-0.39, 0.29) is 6.04 Å². The molecule has 0 fully saturated rings. The van der Waals surface area contributed by atoms with Crippen LogP contribution < -0.4 is 10.1 Å². The van der Waals surface area contributed by atoms with Gasteiger partial charge in [-0.25, -0.2) is 4.98 Å². The van der Waals surface area contributed by atoms with Crippen LogP contribution >= 0.6 is 11.3 Å². The number of benzene rings is 1. The standard InChI is InChI=1S/C13H18N2O2S2/c1-9(6-7-19(3)16)14-13-15-11-5-4-10(17-2)8-12(11)18-13/h4-5,8-9H,6-7H2,1-3H3,(H,14,15). The zero-order valence-corrected chi connectivity index (χ0v) is 12.9. The number of hydrogen-bond donors (Lipinski definition) is 1. The van der Waals surface area contributed by atoms with E-state index in [1.165, 1.54) is 0 Å². The normalized spacial score (nSPS) is 14.3. The maximum Gasteiger partial charge on any atom is 0.184 e. The number of methoxy groups -OCH3 is 1. The molecule has 0 bridgehead atoms.